The highest BCUT2D eigenvalue weighted by atomic mass is 16.4. The third-order valence-corrected chi connectivity index (χ3v) is 3.99. The Labute approximate surface area is 108 Å². The Morgan fingerprint density at radius 1 is 1.22 bits per heavy atom. The van der Waals surface area contributed by atoms with Crippen molar-refractivity contribution in [2.24, 2.45) is 5.92 Å². The third-order valence-electron chi connectivity index (χ3n) is 3.99. The molecule has 5 heteroatoms. The van der Waals surface area contributed by atoms with Crippen molar-refractivity contribution in [2.45, 2.75) is 45.1 Å². The highest BCUT2D eigenvalue weighted by molar-refractivity contribution is 5.76. The second kappa shape index (κ2) is 5.59. The quantitative estimate of drug-likeness (QED) is 0.817. The molecule has 0 aromatic carbocycles. The van der Waals surface area contributed by atoms with E-state index in [-0.39, 0.29) is 18.4 Å². The van der Waals surface area contributed by atoms with Crippen LogP contribution in [0.2, 0.25) is 0 Å². The molecule has 2 heterocycles. The van der Waals surface area contributed by atoms with E-state index in [1.807, 2.05) is 4.90 Å². The monoisotopic (exact) mass is 254 g/mol. The first-order chi connectivity index (χ1) is 8.58. The number of carboxylic acid groups (broad SMARTS) is 1. The van der Waals surface area contributed by atoms with E-state index in [9.17, 15) is 9.59 Å². The van der Waals surface area contributed by atoms with E-state index in [0.717, 1.165) is 19.4 Å². The Morgan fingerprint density at radius 3 is 2.61 bits per heavy atom. The van der Waals surface area contributed by atoms with Crippen molar-refractivity contribution in [2.75, 3.05) is 19.6 Å². The van der Waals surface area contributed by atoms with E-state index in [1.165, 1.54) is 12.8 Å². The number of hydrogen-bond acceptors (Lipinski definition) is 2. The zero-order valence-electron chi connectivity index (χ0n) is 11.0. The van der Waals surface area contributed by atoms with Crippen LogP contribution in [-0.4, -0.2) is 52.6 Å². The van der Waals surface area contributed by atoms with Crippen LogP contribution in [0, 0.1) is 5.92 Å². The summed E-state index contributed by atoms with van der Waals surface area (Å²) in [5.74, 6) is -0.621. The smallest absolute Gasteiger partial charge is 0.320 e. The van der Waals surface area contributed by atoms with Crippen LogP contribution < -0.4 is 0 Å². The Balaban J connectivity index is 1.83. The normalized spacial score (nSPS) is 25.5. The summed E-state index contributed by atoms with van der Waals surface area (Å²) in [7, 11) is 0. The van der Waals surface area contributed by atoms with Crippen LogP contribution in [0.15, 0.2) is 0 Å². The number of carboxylic acids is 1. The molecule has 0 saturated carbocycles. The van der Waals surface area contributed by atoms with Gasteiger partial charge in [-0.05, 0) is 19.8 Å². The number of nitrogens with zero attached hydrogens (tertiary/aromatic N) is 2. The lowest BCUT2D eigenvalue weighted by Crippen LogP contribution is -2.56. The molecular weight excluding hydrogens is 232 g/mol. The predicted molar refractivity (Wildman–Crippen MR) is 67.3 cm³/mol. The molecule has 0 aromatic heterocycles. The standard InChI is InChI=1S/C13H22N2O3/c1-10-5-3-2-4-6-15(10)13(18)14-8-11(9-14)7-12(16)17/h10-11H,2-9H2,1H3,(H,16,17). The molecule has 0 bridgehead atoms. The first-order valence-corrected chi connectivity index (χ1v) is 6.85. The summed E-state index contributed by atoms with van der Waals surface area (Å²) in [6.45, 7) is 4.17. The zero-order chi connectivity index (χ0) is 13.1. The first kappa shape index (κ1) is 13.2. The minimum absolute atomic E-state index is 0.103. The van der Waals surface area contributed by atoms with Crippen LogP contribution in [0.25, 0.3) is 0 Å². The van der Waals surface area contributed by atoms with Crippen molar-refractivity contribution < 1.29 is 14.7 Å². The lowest BCUT2D eigenvalue weighted by molar-refractivity contribution is -0.139. The summed E-state index contributed by atoms with van der Waals surface area (Å²) in [6, 6.07) is 0.421. The lowest BCUT2D eigenvalue weighted by atomic mass is 9.97. The van der Waals surface area contributed by atoms with E-state index in [0.29, 0.717) is 19.1 Å². The van der Waals surface area contributed by atoms with Crippen LogP contribution in [0.4, 0.5) is 4.79 Å². The summed E-state index contributed by atoms with van der Waals surface area (Å²) < 4.78 is 0. The highest BCUT2D eigenvalue weighted by Crippen LogP contribution is 2.24. The van der Waals surface area contributed by atoms with Gasteiger partial charge in [0.25, 0.3) is 0 Å². The number of rotatable bonds is 2. The van der Waals surface area contributed by atoms with Gasteiger partial charge in [0.2, 0.25) is 0 Å². The van der Waals surface area contributed by atoms with E-state index in [4.69, 9.17) is 5.11 Å². The first-order valence-electron chi connectivity index (χ1n) is 6.85. The van der Waals surface area contributed by atoms with Gasteiger partial charge in [-0.2, -0.15) is 0 Å². The SMILES string of the molecule is CC1CCCCCN1C(=O)N1CC(CC(=O)O)C1. The topological polar surface area (TPSA) is 60.9 Å². The highest BCUT2D eigenvalue weighted by Gasteiger charge is 2.35. The van der Waals surface area contributed by atoms with E-state index in [2.05, 4.69) is 6.92 Å². The number of carbonyl (C=O) groups excluding carboxylic acids is 1. The summed E-state index contributed by atoms with van der Waals surface area (Å²) >= 11 is 0. The van der Waals surface area contributed by atoms with Crippen molar-refractivity contribution in [1.29, 1.82) is 0 Å². The van der Waals surface area contributed by atoms with E-state index >= 15 is 0 Å². The fraction of sp³-hybridized carbons (Fsp3) is 0.846. The predicted octanol–water partition coefficient (Wildman–Crippen LogP) is 1.78. The van der Waals surface area contributed by atoms with Crippen molar-refractivity contribution in [3.05, 3.63) is 0 Å². The minimum Gasteiger partial charge on any atom is -0.481 e. The molecule has 2 aliphatic heterocycles. The Bertz CT molecular complexity index is 326. The van der Waals surface area contributed by atoms with Crippen LogP contribution in [0.1, 0.15) is 39.0 Å². The number of urea groups is 1. The maximum atomic E-state index is 12.3. The van der Waals surface area contributed by atoms with Gasteiger partial charge in [0.15, 0.2) is 0 Å². The molecule has 2 amide bonds. The Kier molecular flexibility index (Phi) is 4.09. The van der Waals surface area contributed by atoms with Crippen LogP contribution >= 0.6 is 0 Å². The van der Waals surface area contributed by atoms with Gasteiger partial charge in [-0.3, -0.25) is 4.79 Å². The molecule has 5 nitrogen and oxygen atoms in total. The molecule has 0 aliphatic carbocycles. The molecular formula is C13H22N2O3. The molecule has 1 atom stereocenters. The average molecular weight is 254 g/mol. The summed E-state index contributed by atoms with van der Waals surface area (Å²) in [4.78, 5) is 26.6. The molecule has 0 radical (unpaired) electrons. The van der Waals surface area contributed by atoms with Crippen molar-refractivity contribution in [1.82, 2.24) is 9.80 Å². The number of carbonyl (C=O) groups is 2. The second-order valence-corrected chi connectivity index (χ2v) is 5.54. The maximum Gasteiger partial charge on any atom is 0.320 e. The molecule has 102 valence electrons. The Hall–Kier alpha value is -1.26. The van der Waals surface area contributed by atoms with Crippen molar-refractivity contribution in [3.63, 3.8) is 0 Å². The van der Waals surface area contributed by atoms with Crippen LogP contribution in [-0.2, 0) is 4.79 Å². The lowest BCUT2D eigenvalue weighted by Gasteiger charge is -2.42. The fourth-order valence-electron chi connectivity index (χ4n) is 2.84. The van der Waals surface area contributed by atoms with Crippen LogP contribution in [0.5, 0.6) is 0 Å². The summed E-state index contributed by atoms with van der Waals surface area (Å²) in [5, 5.41) is 8.69. The molecule has 0 aromatic rings. The molecule has 18 heavy (non-hydrogen) atoms. The maximum absolute atomic E-state index is 12.3. The zero-order valence-corrected chi connectivity index (χ0v) is 11.0. The van der Waals surface area contributed by atoms with Gasteiger partial charge >= 0.3 is 12.0 Å². The molecule has 2 fully saturated rings. The molecule has 0 spiro atoms. The van der Waals surface area contributed by atoms with Gasteiger partial charge in [-0.15, -0.1) is 0 Å². The molecule has 2 saturated heterocycles. The summed E-state index contributed by atoms with van der Waals surface area (Å²) in [5.41, 5.74) is 0. The van der Waals surface area contributed by atoms with Gasteiger partial charge in [-0.25, -0.2) is 4.79 Å². The van der Waals surface area contributed by atoms with Gasteiger partial charge in [0.05, 0.1) is 6.42 Å². The van der Waals surface area contributed by atoms with Gasteiger partial charge < -0.3 is 14.9 Å². The summed E-state index contributed by atoms with van der Waals surface area (Å²) in [6.07, 6.45) is 4.75. The fourth-order valence-corrected chi connectivity index (χ4v) is 2.84. The molecule has 1 N–H and O–H groups in total. The van der Waals surface area contributed by atoms with Gasteiger partial charge in [-0.1, -0.05) is 12.8 Å². The number of likely N-dealkylation sites (tertiary alicyclic amines) is 2. The molecule has 1 unspecified atom stereocenters. The average Bonchev–Trinajstić information content (AvgIpc) is 2.46. The van der Waals surface area contributed by atoms with Gasteiger partial charge in [0.1, 0.15) is 0 Å². The van der Waals surface area contributed by atoms with Crippen LogP contribution in [0.3, 0.4) is 0 Å². The second-order valence-electron chi connectivity index (χ2n) is 5.54. The molecule has 2 aliphatic rings. The number of aliphatic carboxylic acids is 1. The van der Waals surface area contributed by atoms with Gasteiger partial charge in [0, 0.05) is 31.6 Å². The molecule has 2 rings (SSSR count). The van der Waals surface area contributed by atoms with E-state index in [1.54, 1.807) is 4.90 Å². The minimum atomic E-state index is -0.768. The Morgan fingerprint density at radius 2 is 1.94 bits per heavy atom. The number of amides is 2. The van der Waals surface area contributed by atoms with Crippen molar-refractivity contribution in [3.8, 4) is 0 Å². The van der Waals surface area contributed by atoms with Crippen molar-refractivity contribution >= 4 is 12.0 Å². The largest absolute Gasteiger partial charge is 0.481 e. The third kappa shape index (κ3) is 2.94. The number of hydrogen-bond donors (Lipinski definition) is 1. The van der Waals surface area contributed by atoms with E-state index < -0.39 is 5.97 Å².